The third kappa shape index (κ3) is 3.70. The molecule has 2 amide bonds. The number of nitrogens with zero attached hydrogens (tertiary/aromatic N) is 3. The molecule has 3 heterocycles. The minimum Gasteiger partial charge on any atom is -0.378 e. The lowest BCUT2D eigenvalue weighted by Crippen LogP contribution is -2.40. The first-order valence-electron chi connectivity index (χ1n) is 10.7. The van der Waals surface area contributed by atoms with E-state index in [0.29, 0.717) is 53.8 Å². The molecule has 0 atom stereocenters. The van der Waals surface area contributed by atoms with Gasteiger partial charge in [-0.05, 0) is 54.8 Å². The first kappa shape index (κ1) is 20.1. The Hall–Kier alpha value is -2.83. The number of morpholine rings is 1. The summed E-state index contributed by atoms with van der Waals surface area (Å²) in [5, 5.41) is 0.586. The zero-order valence-electron chi connectivity index (χ0n) is 17.2. The second-order valence-corrected chi connectivity index (χ2v) is 8.42. The molecule has 0 radical (unpaired) electrons. The van der Waals surface area contributed by atoms with Crippen molar-refractivity contribution >= 4 is 40.4 Å². The summed E-state index contributed by atoms with van der Waals surface area (Å²) in [4.78, 5) is 32.7. The third-order valence-electron chi connectivity index (χ3n) is 6.10. The highest BCUT2D eigenvalue weighted by Gasteiger charge is 2.42. The Balaban J connectivity index is 1.51. The summed E-state index contributed by atoms with van der Waals surface area (Å²) in [5.74, 6) is -0.589. The summed E-state index contributed by atoms with van der Waals surface area (Å²) in [7, 11) is 0. The second kappa shape index (κ2) is 8.36. The number of imide groups is 1. The van der Waals surface area contributed by atoms with E-state index < -0.39 is 0 Å². The van der Waals surface area contributed by atoms with Gasteiger partial charge in [0.15, 0.2) is 0 Å². The summed E-state index contributed by atoms with van der Waals surface area (Å²) in [6, 6.07) is 14.8. The van der Waals surface area contributed by atoms with Gasteiger partial charge in [0.25, 0.3) is 11.8 Å². The van der Waals surface area contributed by atoms with Crippen LogP contribution < -0.4 is 9.80 Å². The van der Waals surface area contributed by atoms with Gasteiger partial charge < -0.3 is 14.5 Å². The van der Waals surface area contributed by atoms with Crippen LogP contribution in [0.4, 0.5) is 11.4 Å². The number of carbonyl (C=O) groups is 2. The van der Waals surface area contributed by atoms with Gasteiger partial charge in [0.2, 0.25) is 0 Å². The predicted octanol–water partition coefficient (Wildman–Crippen LogP) is 3.56. The largest absolute Gasteiger partial charge is 0.378 e. The third-order valence-corrected chi connectivity index (χ3v) is 6.35. The van der Waals surface area contributed by atoms with E-state index in [-0.39, 0.29) is 11.8 Å². The van der Waals surface area contributed by atoms with Crippen molar-refractivity contribution in [3.05, 3.63) is 64.8 Å². The van der Waals surface area contributed by atoms with E-state index in [1.807, 2.05) is 29.2 Å². The van der Waals surface area contributed by atoms with Crippen molar-refractivity contribution in [1.29, 1.82) is 0 Å². The molecule has 2 fully saturated rings. The average Bonchev–Trinajstić information content (AvgIpc) is 3.42. The van der Waals surface area contributed by atoms with Crippen LogP contribution in [0.5, 0.6) is 0 Å². The number of anilines is 2. The lowest BCUT2D eigenvalue weighted by molar-refractivity contribution is -0.121. The van der Waals surface area contributed by atoms with Crippen molar-refractivity contribution in [2.24, 2.45) is 0 Å². The van der Waals surface area contributed by atoms with E-state index >= 15 is 0 Å². The van der Waals surface area contributed by atoms with Gasteiger partial charge in [-0.3, -0.25) is 9.59 Å². The molecule has 0 aromatic heterocycles. The molecule has 0 unspecified atom stereocenters. The van der Waals surface area contributed by atoms with Gasteiger partial charge in [-0.25, -0.2) is 4.90 Å². The first-order valence-corrected chi connectivity index (χ1v) is 11.1. The van der Waals surface area contributed by atoms with Gasteiger partial charge in [-0.2, -0.15) is 0 Å². The number of hydrogen-bond donors (Lipinski definition) is 0. The minimum absolute atomic E-state index is 0.286. The number of ether oxygens (including phenoxy) is 1. The Bertz CT molecular complexity index is 1020. The topological polar surface area (TPSA) is 53.1 Å². The number of amides is 2. The van der Waals surface area contributed by atoms with Crippen LogP contribution in [0.3, 0.4) is 0 Å². The lowest BCUT2D eigenvalue weighted by Gasteiger charge is -2.29. The average molecular weight is 438 g/mol. The normalized spacial score (nSPS) is 19.7. The molecule has 2 saturated heterocycles. The van der Waals surface area contributed by atoms with Gasteiger partial charge in [-0.1, -0.05) is 23.7 Å². The van der Waals surface area contributed by atoms with Gasteiger partial charge in [-0.15, -0.1) is 0 Å². The monoisotopic (exact) mass is 437 g/mol. The van der Waals surface area contributed by atoms with Gasteiger partial charge >= 0.3 is 0 Å². The van der Waals surface area contributed by atoms with Crippen molar-refractivity contribution in [2.75, 3.05) is 49.2 Å². The molecule has 5 rings (SSSR count). The maximum absolute atomic E-state index is 13.5. The van der Waals surface area contributed by atoms with Gasteiger partial charge in [0.05, 0.1) is 24.5 Å². The van der Waals surface area contributed by atoms with Gasteiger partial charge in [0, 0.05) is 36.9 Å². The zero-order valence-corrected chi connectivity index (χ0v) is 18.0. The predicted molar refractivity (Wildman–Crippen MR) is 121 cm³/mol. The summed E-state index contributed by atoms with van der Waals surface area (Å²) in [5.41, 5.74) is 3.28. The van der Waals surface area contributed by atoms with Crippen LogP contribution in [0.2, 0.25) is 5.02 Å². The molecule has 0 bridgehead atoms. The smallest absolute Gasteiger partial charge is 0.282 e. The van der Waals surface area contributed by atoms with Crippen LogP contribution in [0.1, 0.15) is 18.4 Å². The summed E-state index contributed by atoms with van der Waals surface area (Å²) in [6.45, 7) is 4.31. The van der Waals surface area contributed by atoms with E-state index in [4.69, 9.17) is 16.3 Å². The summed E-state index contributed by atoms with van der Waals surface area (Å²) < 4.78 is 5.46. The second-order valence-electron chi connectivity index (χ2n) is 7.99. The Kier molecular flexibility index (Phi) is 5.42. The summed E-state index contributed by atoms with van der Waals surface area (Å²) >= 11 is 6.05. The fourth-order valence-corrected chi connectivity index (χ4v) is 4.62. The van der Waals surface area contributed by atoms with Crippen molar-refractivity contribution in [3.8, 4) is 0 Å². The zero-order chi connectivity index (χ0) is 21.4. The van der Waals surface area contributed by atoms with Crippen LogP contribution in [0, 0.1) is 0 Å². The fraction of sp³-hybridized carbons (Fsp3) is 0.333. The Morgan fingerprint density at radius 2 is 1.32 bits per heavy atom. The van der Waals surface area contributed by atoms with Crippen molar-refractivity contribution in [3.63, 3.8) is 0 Å². The van der Waals surface area contributed by atoms with Crippen LogP contribution in [-0.4, -0.2) is 56.1 Å². The number of halogens is 1. The Labute approximate surface area is 186 Å². The highest BCUT2D eigenvalue weighted by atomic mass is 35.5. The molecule has 2 aromatic carbocycles. The first-order chi connectivity index (χ1) is 15.1. The van der Waals surface area contributed by atoms with Crippen LogP contribution in [0.25, 0.3) is 5.57 Å². The summed E-state index contributed by atoms with van der Waals surface area (Å²) in [6.07, 6.45) is 2.39. The van der Waals surface area contributed by atoms with Crippen LogP contribution >= 0.6 is 11.6 Å². The molecular formula is C24H24ClN3O3. The molecule has 160 valence electrons. The molecule has 0 saturated carbocycles. The number of rotatable bonds is 4. The van der Waals surface area contributed by atoms with E-state index in [1.54, 1.807) is 24.3 Å². The van der Waals surface area contributed by atoms with Crippen molar-refractivity contribution < 1.29 is 14.3 Å². The molecule has 0 N–H and O–H groups in total. The minimum atomic E-state index is -0.303. The Morgan fingerprint density at radius 1 is 0.710 bits per heavy atom. The molecule has 3 aliphatic rings. The number of hydrogen-bond acceptors (Lipinski definition) is 5. The van der Waals surface area contributed by atoms with E-state index in [2.05, 4.69) is 4.90 Å². The maximum atomic E-state index is 13.5. The molecule has 2 aromatic rings. The molecule has 7 heteroatoms. The van der Waals surface area contributed by atoms with Crippen LogP contribution in [0.15, 0.2) is 54.2 Å². The molecule has 6 nitrogen and oxygen atoms in total. The lowest BCUT2D eigenvalue weighted by atomic mass is 10.0. The SMILES string of the molecule is O=C1C(c2ccc(Cl)cc2)=C(N2CCOCC2)C(=O)N1c1ccc(N2CCCC2)cc1. The quantitative estimate of drug-likeness (QED) is 0.684. The maximum Gasteiger partial charge on any atom is 0.282 e. The highest BCUT2D eigenvalue weighted by Crippen LogP contribution is 2.36. The highest BCUT2D eigenvalue weighted by molar-refractivity contribution is 6.45. The standard InChI is InChI=1S/C24H24ClN3O3/c25-18-5-3-17(4-6-18)21-22(27-13-15-31-16-14-27)24(30)28(23(21)29)20-9-7-19(8-10-20)26-11-1-2-12-26/h3-10H,1-2,11-16H2. The molecule has 3 aliphatic heterocycles. The Morgan fingerprint density at radius 3 is 1.97 bits per heavy atom. The molecule has 0 spiro atoms. The van der Waals surface area contributed by atoms with Crippen molar-refractivity contribution in [1.82, 2.24) is 4.90 Å². The van der Waals surface area contributed by atoms with Crippen molar-refractivity contribution in [2.45, 2.75) is 12.8 Å². The van der Waals surface area contributed by atoms with E-state index in [0.717, 1.165) is 18.8 Å². The molecule has 0 aliphatic carbocycles. The van der Waals surface area contributed by atoms with Gasteiger partial charge in [0.1, 0.15) is 5.70 Å². The number of benzene rings is 2. The molecule has 31 heavy (non-hydrogen) atoms. The molecular weight excluding hydrogens is 414 g/mol. The fourth-order valence-electron chi connectivity index (χ4n) is 4.50. The van der Waals surface area contributed by atoms with E-state index in [1.165, 1.54) is 17.7 Å². The number of carbonyl (C=O) groups excluding carboxylic acids is 2. The van der Waals surface area contributed by atoms with Crippen LogP contribution in [-0.2, 0) is 14.3 Å². The van der Waals surface area contributed by atoms with E-state index in [9.17, 15) is 9.59 Å².